The molecule has 1 aliphatic carbocycles. The van der Waals surface area contributed by atoms with Gasteiger partial charge >= 0.3 is 0 Å². The Bertz CT molecular complexity index is 419. The van der Waals surface area contributed by atoms with Crippen LogP contribution in [0.4, 0.5) is 0 Å². The number of aliphatic hydroxyl groups is 1. The van der Waals surface area contributed by atoms with Crippen molar-refractivity contribution in [3.63, 3.8) is 0 Å². The third-order valence-electron chi connectivity index (χ3n) is 3.81. The summed E-state index contributed by atoms with van der Waals surface area (Å²) in [6, 6.07) is 8.29. The Hall–Kier alpha value is -1.08. The molecule has 1 fully saturated rings. The van der Waals surface area contributed by atoms with Crippen LogP contribution in [-0.2, 0) is 0 Å². The molecule has 0 aliphatic heterocycles. The normalized spacial score (nSPS) is 26.3. The first kappa shape index (κ1) is 15.0. The highest BCUT2D eigenvalue weighted by atomic mass is 16.3. The quantitative estimate of drug-likeness (QED) is 0.827. The van der Waals surface area contributed by atoms with Gasteiger partial charge < -0.3 is 5.11 Å². The lowest BCUT2D eigenvalue weighted by molar-refractivity contribution is 0.169. The van der Waals surface area contributed by atoms with Gasteiger partial charge in [0.2, 0.25) is 0 Å². The minimum atomic E-state index is -0.517. The second-order valence-electron chi connectivity index (χ2n) is 4.92. The fourth-order valence-electron chi connectivity index (χ4n) is 2.39. The number of rotatable bonds is 3. The molecule has 0 heterocycles. The Balaban J connectivity index is 0.000000771. The van der Waals surface area contributed by atoms with E-state index in [0.717, 1.165) is 18.4 Å². The molecule has 1 aromatic rings. The first-order valence-electron chi connectivity index (χ1n) is 7.04. The molecule has 1 heteroatoms. The molecular weight excluding hydrogens is 220 g/mol. The Kier molecular flexibility index (Phi) is 5.15. The molecule has 1 nitrogen and oxygen atoms in total. The van der Waals surface area contributed by atoms with E-state index in [4.69, 9.17) is 0 Å². The van der Waals surface area contributed by atoms with Crippen LogP contribution in [0.15, 0.2) is 29.8 Å². The lowest BCUT2D eigenvalue weighted by Crippen LogP contribution is -2.12. The van der Waals surface area contributed by atoms with Gasteiger partial charge in [-0.2, -0.15) is 0 Å². The van der Waals surface area contributed by atoms with Crippen molar-refractivity contribution in [1.29, 1.82) is 0 Å². The summed E-state index contributed by atoms with van der Waals surface area (Å²) < 4.78 is 0. The van der Waals surface area contributed by atoms with E-state index >= 15 is 0 Å². The summed E-state index contributed by atoms with van der Waals surface area (Å²) in [7, 11) is 0. The van der Waals surface area contributed by atoms with Crippen molar-refractivity contribution in [1.82, 2.24) is 0 Å². The molecule has 0 saturated heterocycles. The first-order valence-corrected chi connectivity index (χ1v) is 7.04. The predicted octanol–water partition coefficient (Wildman–Crippen LogP) is 4.59. The Morgan fingerprint density at radius 1 is 1.39 bits per heavy atom. The molecule has 1 saturated carbocycles. The van der Waals surface area contributed by atoms with Crippen molar-refractivity contribution in [3.8, 4) is 0 Å². The van der Waals surface area contributed by atoms with Crippen LogP contribution in [0, 0.1) is 12.8 Å². The molecule has 2 unspecified atom stereocenters. The van der Waals surface area contributed by atoms with Crippen LogP contribution >= 0.6 is 0 Å². The molecule has 100 valence electrons. The van der Waals surface area contributed by atoms with Gasteiger partial charge in [-0.1, -0.05) is 57.5 Å². The summed E-state index contributed by atoms with van der Waals surface area (Å²) in [5.41, 5.74) is 3.07. The van der Waals surface area contributed by atoms with Crippen molar-refractivity contribution in [3.05, 3.63) is 41.0 Å². The van der Waals surface area contributed by atoms with Gasteiger partial charge in [0.25, 0.3) is 0 Å². The van der Waals surface area contributed by atoms with Crippen LogP contribution in [-0.4, -0.2) is 10.7 Å². The SMILES string of the molecule is CC.CCC1CC1(O)/C(C)=C/c1ccccc1C. The van der Waals surface area contributed by atoms with E-state index in [9.17, 15) is 5.11 Å². The van der Waals surface area contributed by atoms with Crippen molar-refractivity contribution in [2.24, 2.45) is 5.92 Å². The summed E-state index contributed by atoms with van der Waals surface area (Å²) in [6.07, 6.45) is 4.12. The third-order valence-corrected chi connectivity index (χ3v) is 3.81. The van der Waals surface area contributed by atoms with Gasteiger partial charge in [0.1, 0.15) is 0 Å². The third kappa shape index (κ3) is 3.02. The van der Waals surface area contributed by atoms with Gasteiger partial charge in [-0.15, -0.1) is 0 Å². The smallest absolute Gasteiger partial charge is 0.0890 e. The van der Waals surface area contributed by atoms with Gasteiger partial charge in [0, 0.05) is 0 Å². The lowest BCUT2D eigenvalue weighted by Gasteiger charge is -2.11. The van der Waals surface area contributed by atoms with Crippen LogP contribution < -0.4 is 0 Å². The van der Waals surface area contributed by atoms with Gasteiger partial charge in [-0.3, -0.25) is 0 Å². The Morgan fingerprint density at radius 2 is 2.00 bits per heavy atom. The molecule has 2 atom stereocenters. The zero-order valence-corrected chi connectivity index (χ0v) is 12.3. The van der Waals surface area contributed by atoms with Gasteiger partial charge in [-0.05, 0) is 42.9 Å². The second-order valence-corrected chi connectivity index (χ2v) is 4.92. The summed E-state index contributed by atoms with van der Waals surface area (Å²) in [4.78, 5) is 0. The minimum absolute atomic E-state index is 0.466. The fourth-order valence-corrected chi connectivity index (χ4v) is 2.39. The summed E-state index contributed by atoms with van der Waals surface area (Å²) in [5, 5.41) is 10.3. The number of hydrogen-bond acceptors (Lipinski definition) is 1. The van der Waals surface area contributed by atoms with Crippen LogP contribution in [0.5, 0.6) is 0 Å². The predicted molar refractivity (Wildman–Crippen MR) is 79.5 cm³/mol. The van der Waals surface area contributed by atoms with Gasteiger partial charge in [-0.25, -0.2) is 0 Å². The topological polar surface area (TPSA) is 20.2 Å². The zero-order chi connectivity index (χ0) is 13.8. The molecule has 0 bridgehead atoms. The standard InChI is InChI=1S/C15H20O.C2H6/c1-4-14-10-15(14,16)12(3)9-13-8-6-5-7-11(13)2;1-2/h5-9,14,16H,4,10H2,1-3H3;1-2H3/b12-9+;. The van der Waals surface area contributed by atoms with E-state index in [-0.39, 0.29) is 0 Å². The zero-order valence-electron chi connectivity index (χ0n) is 12.3. The minimum Gasteiger partial charge on any atom is -0.385 e. The number of aryl methyl sites for hydroxylation is 1. The fraction of sp³-hybridized carbons (Fsp3) is 0.529. The molecule has 0 aromatic heterocycles. The van der Waals surface area contributed by atoms with E-state index in [2.05, 4.69) is 32.1 Å². The highest BCUT2D eigenvalue weighted by Gasteiger charge is 2.52. The molecule has 0 spiro atoms. The van der Waals surface area contributed by atoms with Crippen LogP contribution in [0.3, 0.4) is 0 Å². The van der Waals surface area contributed by atoms with Gasteiger partial charge in [0.15, 0.2) is 0 Å². The molecule has 0 radical (unpaired) electrons. The molecule has 1 aliphatic rings. The summed E-state index contributed by atoms with van der Waals surface area (Å²) in [6.45, 7) is 10.3. The molecule has 1 aromatic carbocycles. The molecule has 2 rings (SSSR count). The highest BCUT2D eigenvalue weighted by Crippen LogP contribution is 2.51. The lowest BCUT2D eigenvalue weighted by atomic mass is 10.0. The summed E-state index contributed by atoms with van der Waals surface area (Å²) >= 11 is 0. The largest absolute Gasteiger partial charge is 0.385 e. The molecule has 0 amide bonds. The van der Waals surface area contributed by atoms with Crippen LogP contribution in [0.25, 0.3) is 6.08 Å². The molecular formula is C17H26O. The van der Waals surface area contributed by atoms with Crippen molar-refractivity contribution in [2.45, 2.75) is 53.1 Å². The summed E-state index contributed by atoms with van der Waals surface area (Å²) in [5.74, 6) is 0.466. The maximum atomic E-state index is 10.3. The van der Waals surface area contributed by atoms with Crippen molar-refractivity contribution < 1.29 is 5.11 Å². The highest BCUT2D eigenvalue weighted by molar-refractivity contribution is 5.59. The molecule has 1 N–H and O–H groups in total. The Morgan fingerprint density at radius 3 is 2.50 bits per heavy atom. The first-order chi connectivity index (χ1) is 8.58. The van der Waals surface area contributed by atoms with E-state index in [1.165, 1.54) is 11.1 Å². The Labute approximate surface area is 112 Å². The van der Waals surface area contributed by atoms with E-state index in [1.54, 1.807) is 0 Å². The van der Waals surface area contributed by atoms with E-state index in [1.807, 2.05) is 32.9 Å². The van der Waals surface area contributed by atoms with E-state index < -0.39 is 5.60 Å². The maximum Gasteiger partial charge on any atom is 0.0890 e. The number of hydrogen-bond donors (Lipinski definition) is 1. The van der Waals surface area contributed by atoms with Crippen LogP contribution in [0.1, 0.15) is 51.7 Å². The average Bonchev–Trinajstić information content (AvgIpc) is 3.07. The monoisotopic (exact) mass is 246 g/mol. The maximum absolute atomic E-state index is 10.3. The average molecular weight is 246 g/mol. The van der Waals surface area contributed by atoms with Crippen LogP contribution in [0.2, 0.25) is 0 Å². The molecule has 18 heavy (non-hydrogen) atoms. The second kappa shape index (κ2) is 6.19. The van der Waals surface area contributed by atoms with E-state index in [0.29, 0.717) is 5.92 Å². The van der Waals surface area contributed by atoms with Crippen molar-refractivity contribution >= 4 is 6.08 Å². The van der Waals surface area contributed by atoms with Crippen molar-refractivity contribution in [2.75, 3.05) is 0 Å². The van der Waals surface area contributed by atoms with Gasteiger partial charge in [0.05, 0.1) is 5.60 Å². The number of benzene rings is 1.